The maximum absolute atomic E-state index is 8.81. The molecule has 1 rings (SSSR count). The van der Waals surface area contributed by atoms with Gasteiger partial charge in [0, 0.05) is 0 Å². The quantitative estimate of drug-likeness (QED) is 0.514. The van der Waals surface area contributed by atoms with Crippen LogP contribution in [0.2, 0.25) is 0 Å². The molecule has 0 saturated heterocycles. The molecule has 0 atom stereocenters. The van der Waals surface area contributed by atoms with E-state index in [0.717, 1.165) is 0 Å². The van der Waals surface area contributed by atoms with Crippen LogP contribution in [0.5, 0.6) is 0 Å². The Balaban J connectivity index is 0.000000310. The highest BCUT2D eigenvalue weighted by Crippen LogP contribution is 2.11. The molecule has 1 aromatic carbocycles. The highest BCUT2D eigenvalue weighted by Gasteiger charge is 1.93. The van der Waals surface area contributed by atoms with Crippen LogP contribution in [0.1, 0.15) is 25.3 Å². The van der Waals surface area contributed by atoms with Gasteiger partial charge in [0.15, 0.2) is 12.6 Å². The second-order valence-corrected chi connectivity index (χ2v) is 2.84. The summed E-state index contributed by atoms with van der Waals surface area (Å²) < 4.78 is 0. The van der Waals surface area contributed by atoms with Crippen LogP contribution in [0.25, 0.3) is 0 Å². The summed E-state index contributed by atoms with van der Waals surface area (Å²) in [6.07, 6.45) is 0.389. The molecule has 0 aromatic heterocycles. The first kappa shape index (κ1) is 11.6. The molecule has 0 aliphatic rings. The second kappa shape index (κ2) is 7.22. The van der Waals surface area contributed by atoms with Gasteiger partial charge < -0.3 is 0 Å². The summed E-state index contributed by atoms with van der Waals surface area (Å²) in [5, 5.41) is 0. The van der Waals surface area contributed by atoms with Crippen LogP contribution < -0.4 is 0 Å². The van der Waals surface area contributed by atoms with Crippen LogP contribution in [0, 0.1) is 0 Å². The topological polar surface area (TPSA) is 34.1 Å². The van der Waals surface area contributed by atoms with Crippen molar-refractivity contribution >= 4 is 12.6 Å². The molecule has 0 N–H and O–H groups in total. The van der Waals surface area contributed by atoms with Gasteiger partial charge >= 0.3 is 0 Å². The predicted molar refractivity (Wildman–Crippen MR) is 52.7 cm³/mol. The summed E-state index contributed by atoms with van der Waals surface area (Å²) >= 11 is 0. The molecule has 0 bridgehead atoms. The molecule has 0 amide bonds. The fraction of sp³-hybridized carbons (Fsp3) is 0.273. The van der Waals surface area contributed by atoms with E-state index in [1.165, 1.54) is 5.56 Å². The summed E-state index contributed by atoms with van der Waals surface area (Å²) in [5.41, 5.74) is 1.41. The van der Waals surface area contributed by atoms with Crippen LogP contribution in [-0.4, -0.2) is 12.6 Å². The number of hydrogen-bond acceptors (Lipinski definition) is 2. The fourth-order valence-electron chi connectivity index (χ4n) is 0.838. The normalized spacial score (nSPS) is 8.54. The number of benzene rings is 1. The van der Waals surface area contributed by atoms with E-state index >= 15 is 0 Å². The fourth-order valence-corrected chi connectivity index (χ4v) is 0.838. The largest absolute Gasteiger partial charge is 0.295 e. The zero-order valence-corrected chi connectivity index (χ0v) is 7.94. The van der Waals surface area contributed by atoms with Crippen molar-refractivity contribution in [3.63, 3.8) is 0 Å². The van der Waals surface area contributed by atoms with Crippen LogP contribution in [-0.2, 0) is 9.59 Å². The Kier molecular flexibility index (Phi) is 6.42. The Bertz CT molecular complexity index is 234. The number of carbonyl (C=O) groups is 2. The average Bonchev–Trinajstić information content (AvgIpc) is 2.19. The summed E-state index contributed by atoms with van der Waals surface area (Å²) in [5.74, 6) is 0.659. The van der Waals surface area contributed by atoms with Crippen molar-refractivity contribution in [2.75, 3.05) is 0 Å². The summed E-state index contributed by atoms with van der Waals surface area (Å²) in [6, 6.07) is 10.5. The Morgan fingerprint density at radius 2 is 1.46 bits per heavy atom. The molecule has 0 radical (unpaired) electrons. The maximum atomic E-state index is 8.81. The van der Waals surface area contributed by atoms with Crippen LogP contribution in [0.4, 0.5) is 0 Å². The molecule has 0 aliphatic carbocycles. The molecule has 0 saturated carbocycles. The van der Waals surface area contributed by atoms with Crippen molar-refractivity contribution < 1.29 is 9.59 Å². The first-order valence-corrected chi connectivity index (χ1v) is 4.16. The molecule has 0 fully saturated rings. The zero-order valence-electron chi connectivity index (χ0n) is 7.94. The van der Waals surface area contributed by atoms with Crippen molar-refractivity contribution in [2.24, 2.45) is 0 Å². The van der Waals surface area contributed by atoms with Gasteiger partial charge in [-0.1, -0.05) is 44.2 Å². The lowest BCUT2D eigenvalue weighted by atomic mass is 10.0. The predicted octanol–water partition coefficient (Wildman–Crippen LogP) is 2.19. The van der Waals surface area contributed by atoms with Crippen molar-refractivity contribution in [1.82, 2.24) is 0 Å². The summed E-state index contributed by atoms with van der Waals surface area (Å²) in [4.78, 5) is 17.6. The van der Waals surface area contributed by atoms with Gasteiger partial charge in [0.25, 0.3) is 0 Å². The van der Waals surface area contributed by atoms with Crippen LogP contribution >= 0.6 is 0 Å². The molecule has 2 nitrogen and oxygen atoms in total. The third-order valence-corrected chi connectivity index (χ3v) is 1.52. The molecule has 1 aromatic rings. The molecule has 13 heavy (non-hydrogen) atoms. The monoisotopic (exact) mass is 178 g/mol. The molecule has 0 unspecified atom stereocenters. The third kappa shape index (κ3) is 5.79. The van der Waals surface area contributed by atoms with Crippen molar-refractivity contribution in [3.8, 4) is 0 Å². The maximum Gasteiger partial charge on any atom is 0.182 e. The van der Waals surface area contributed by atoms with Gasteiger partial charge in [0.1, 0.15) is 0 Å². The van der Waals surface area contributed by atoms with Gasteiger partial charge in [-0.15, -0.1) is 0 Å². The van der Waals surface area contributed by atoms with Gasteiger partial charge in [0.05, 0.1) is 0 Å². The van der Waals surface area contributed by atoms with E-state index in [0.29, 0.717) is 5.92 Å². The minimum Gasteiger partial charge on any atom is -0.295 e. The summed E-state index contributed by atoms with van der Waals surface area (Å²) in [6.45, 7) is 4.41. The van der Waals surface area contributed by atoms with E-state index in [1.807, 2.05) is 6.07 Å². The van der Waals surface area contributed by atoms with Gasteiger partial charge in [-0.2, -0.15) is 0 Å². The van der Waals surface area contributed by atoms with Crippen LogP contribution in [0.15, 0.2) is 30.3 Å². The molecule has 0 spiro atoms. The van der Waals surface area contributed by atoms with Crippen molar-refractivity contribution in [1.29, 1.82) is 0 Å². The number of aldehydes is 2. The van der Waals surface area contributed by atoms with Crippen molar-refractivity contribution in [2.45, 2.75) is 19.8 Å². The SMILES string of the molecule is CC(C)c1ccccc1.O=CC=O. The Morgan fingerprint density at radius 3 is 1.69 bits per heavy atom. The molecule has 70 valence electrons. The lowest BCUT2D eigenvalue weighted by Crippen LogP contribution is -1.83. The van der Waals surface area contributed by atoms with E-state index in [1.54, 1.807) is 0 Å². The second-order valence-electron chi connectivity index (χ2n) is 2.84. The van der Waals surface area contributed by atoms with Crippen molar-refractivity contribution in [3.05, 3.63) is 35.9 Å². The highest BCUT2D eigenvalue weighted by molar-refractivity contribution is 6.09. The molecule has 0 aliphatic heterocycles. The number of rotatable bonds is 2. The molecular weight excluding hydrogens is 164 g/mol. The van der Waals surface area contributed by atoms with E-state index < -0.39 is 0 Å². The van der Waals surface area contributed by atoms with Gasteiger partial charge in [-0.3, -0.25) is 9.59 Å². The Morgan fingerprint density at radius 1 is 1.00 bits per heavy atom. The molecule has 0 heterocycles. The smallest absolute Gasteiger partial charge is 0.182 e. The minimum absolute atomic E-state index is 0.194. The van der Waals surface area contributed by atoms with Gasteiger partial charge in [-0.25, -0.2) is 0 Å². The lowest BCUT2D eigenvalue weighted by molar-refractivity contribution is -0.122. The Hall–Kier alpha value is -1.44. The Labute approximate surface area is 78.6 Å². The van der Waals surface area contributed by atoms with Crippen LogP contribution in [0.3, 0.4) is 0 Å². The first-order chi connectivity index (χ1) is 6.22. The standard InChI is InChI=1S/C9H12.C2H2O2/c1-8(2)9-6-4-3-5-7-9;3-1-2-4/h3-8H,1-2H3;1-2H. The first-order valence-electron chi connectivity index (χ1n) is 4.16. The zero-order chi connectivity index (χ0) is 10.1. The number of carbonyl (C=O) groups excluding carboxylic acids is 2. The van der Waals surface area contributed by atoms with E-state index in [9.17, 15) is 0 Å². The molecule has 2 heteroatoms. The van der Waals surface area contributed by atoms with E-state index in [-0.39, 0.29) is 12.6 Å². The third-order valence-electron chi connectivity index (χ3n) is 1.52. The summed E-state index contributed by atoms with van der Waals surface area (Å²) in [7, 11) is 0. The average molecular weight is 178 g/mol. The molecular formula is C11H14O2. The lowest BCUT2D eigenvalue weighted by Gasteiger charge is -2.01. The van der Waals surface area contributed by atoms with E-state index in [4.69, 9.17) is 9.59 Å². The van der Waals surface area contributed by atoms with E-state index in [2.05, 4.69) is 38.1 Å². The highest BCUT2D eigenvalue weighted by atomic mass is 16.2. The van der Waals surface area contributed by atoms with Gasteiger partial charge in [-0.05, 0) is 11.5 Å². The van der Waals surface area contributed by atoms with Gasteiger partial charge in [0.2, 0.25) is 0 Å². The minimum atomic E-state index is 0.194. The number of hydrogen-bond donors (Lipinski definition) is 0.